The second-order valence-electron chi connectivity index (χ2n) is 7.58. The van der Waals surface area contributed by atoms with Gasteiger partial charge in [-0.15, -0.1) is 0 Å². The molecule has 0 aromatic carbocycles. The van der Waals surface area contributed by atoms with Crippen molar-refractivity contribution >= 4 is 15.9 Å². The first-order valence-corrected chi connectivity index (χ1v) is 9.73. The summed E-state index contributed by atoms with van der Waals surface area (Å²) >= 11 is 3.51. The highest BCUT2D eigenvalue weighted by molar-refractivity contribution is 9.09. The molecular weight excluding hydrogens is 298 g/mol. The van der Waals surface area contributed by atoms with Gasteiger partial charge in [-0.05, 0) is 75.7 Å². The molecule has 0 aliphatic heterocycles. The summed E-state index contributed by atoms with van der Waals surface area (Å²) in [6.07, 6.45) is 16.2. The molecule has 110 valence electrons. The first kappa shape index (κ1) is 14.4. The molecule has 0 aromatic rings. The highest BCUT2D eigenvalue weighted by atomic mass is 79.9. The van der Waals surface area contributed by atoms with Crippen LogP contribution in [0.5, 0.6) is 0 Å². The van der Waals surface area contributed by atoms with E-state index in [9.17, 15) is 0 Å². The van der Waals surface area contributed by atoms with Crippen molar-refractivity contribution in [1.29, 1.82) is 0 Å². The quantitative estimate of drug-likeness (QED) is 0.494. The van der Waals surface area contributed by atoms with Gasteiger partial charge in [0.25, 0.3) is 0 Å². The Balaban J connectivity index is 1.36. The average Bonchev–Trinajstić information content (AvgIpc) is 2.36. The van der Waals surface area contributed by atoms with E-state index in [2.05, 4.69) is 21.2 Å². The summed E-state index contributed by atoms with van der Waals surface area (Å²) in [5, 5.41) is 5.19. The molecule has 1 N–H and O–H groups in total. The lowest BCUT2D eigenvalue weighted by atomic mass is 9.53. The van der Waals surface area contributed by atoms with Gasteiger partial charge in [0.05, 0.1) is 0 Å². The molecule has 4 aliphatic rings. The molecular formula is C17H30BrN. The Hall–Kier alpha value is 0.440. The molecule has 4 saturated carbocycles. The zero-order valence-electron chi connectivity index (χ0n) is 12.3. The summed E-state index contributed by atoms with van der Waals surface area (Å²) in [7, 11) is 0. The first-order valence-electron chi connectivity index (χ1n) is 8.61. The maximum absolute atomic E-state index is 4.01. The number of halogens is 1. The topological polar surface area (TPSA) is 12.0 Å². The molecule has 4 aliphatic carbocycles. The molecule has 19 heavy (non-hydrogen) atoms. The van der Waals surface area contributed by atoms with E-state index >= 15 is 0 Å². The molecule has 0 unspecified atom stereocenters. The third-order valence-corrected chi connectivity index (χ3v) is 6.41. The number of hydrogen-bond acceptors (Lipinski definition) is 1. The van der Waals surface area contributed by atoms with Gasteiger partial charge in [-0.3, -0.25) is 0 Å². The fourth-order valence-corrected chi connectivity index (χ4v) is 5.83. The van der Waals surface area contributed by atoms with Crippen LogP contribution in [0.3, 0.4) is 0 Å². The van der Waals surface area contributed by atoms with Crippen molar-refractivity contribution in [2.24, 2.45) is 17.8 Å². The molecule has 1 nitrogen and oxygen atoms in total. The zero-order valence-corrected chi connectivity index (χ0v) is 13.9. The maximum atomic E-state index is 4.01. The lowest BCUT2D eigenvalue weighted by Gasteiger charge is -2.57. The third kappa shape index (κ3) is 3.56. The monoisotopic (exact) mass is 327 g/mol. The fraction of sp³-hybridized carbons (Fsp3) is 1.00. The molecule has 2 heteroatoms. The van der Waals surface area contributed by atoms with Crippen LogP contribution in [0.1, 0.15) is 70.6 Å². The van der Waals surface area contributed by atoms with Crippen LogP contribution >= 0.6 is 15.9 Å². The SMILES string of the molecule is BrCCCCCCCNC12CC3CC(CC(C3)C1)C2. The van der Waals surface area contributed by atoms with E-state index < -0.39 is 0 Å². The predicted molar refractivity (Wildman–Crippen MR) is 85.8 cm³/mol. The van der Waals surface area contributed by atoms with Crippen molar-refractivity contribution in [3.63, 3.8) is 0 Å². The maximum Gasteiger partial charge on any atom is 0.0189 e. The Bertz CT molecular complexity index is 254. The molecule has 0 radical (unpaired) electrons. The number of unbranched alkanes of at least 4 members (excludes halogenated alkanes) is 4. The van der Waals surface area contributed by atoms with Crippen LogP contribution in [0.25, 0.3) is 0 Å². The molecule has 0 heterocycles. The van der Waals surface area contributed by atoms with Gasteiger partial charge >= 0.3 is 0 Å². The Labute approximate surface area is 127 Å². The van der Waals surface area contributed by atoms with E-state index in [4.69, 9.17) is 0 Å². The van der Waals surface area contributed by atoms with E-state index in [1.807, 2.05) is 0 Å². The Kier molecular flexibility index (Phi) is 4.90. The number of nitrogens with one attached hydrogen (secondary N) is 1. The van der Waals surface area contributed by atoms with E-state index in [0.29, 0.717) is 5.54 Å². The summed E-state index contributed by atoms with van der Waals surface area (Å²) in [4.78, 5) is 0. The number of hydrogen-bond donors (Lipinski definition) is 1. The minimum atomic E-state index is 0.588. The van der Waals surface area contributed by atoms with E-state index in [1.165, 1.54) is 63.2 Å². The van der Waals surface area contributed by atoms with Crippen molar-refractivity contribution in [3.05, 3.63) is 0 Å². The van der Waals surface area contributed by atoms with Gasteiger partial charge in [-0.25, -0.2) is 0 Å². The van der Waals surface area contributed by atoms with Gasteiger partial charge in [0, 0.05) is 10.9 Å². The molecule has 4 rings (SSSR count). The minimum absolute atomic E-state index is 0.588. The van der Waals surface area contributed by atoms with Crippen molar-refractivity contribution < 1.29 is 0 Å². The van der Waals surface area contributed by atoms with E-state index in [1.54, 1.807) is 19.3 Å². The summed E-state index contributed by atoms with van der Waals surface area (Å²) in [5.74, 6) is 3.24. The zero-order chi connectivity index (χ0) is 13.1. The lowest BCUT2D eigenvalue weighted by molar-refractivity contribution is -0.0196. The van der Waals surface area contributed by atoms with E-state index in [-0.39, 0.29) is 0 Å². The molecule has 0 atom stereocenters. The van der Waals surface area contributed by atoms with Crippen molar-refractivity contribution in [3.8, 4) is 0 Å². The van der Waals surface area contributed by atoms with Crippen LogP contribution in [0.2, 0.25) is 0 Å². The summed E-state index contributed by atoms with van der Waals surface area (Å²) in [6, 6.07) is 0. The van der Waals surface area contributed by atoms with Crippen LogP contribution in [0.4, 0.5) is 0 Å². The Morgan fingerprint density at radius 1 is 0.789 bits per heavy atom. The Morgan fingerprint density at radius 3 is 1.89 bits per heavy atom. The summed E-state index contributed by atoms with van der Waals surface area (Å²) in [6.45, 7) is 1.28. The van der Waals surface area contributed by atoms with Gasteiger partial charge in [0.15, 0.2) is 0 Å². The lowest BCUT2D eigenvalue weighted by Crippen LogP contribution is -2.58. The van der Waals surface area contributed by atoms with Gasteiger partial charge in [-0.2, -0.15) is 0 Å². The van der Waals surface area contributed by atoms with Crippen LogP contribution in [-0.2, 0) is 0 Å². The third-order valence-electron chi connectivity index (χ3n) is 5.85. The van der Waals surface area contributed by atoms with Crippen LogP contribution in [-0.4, -0.2) is 17.4 Å². The molecule has 4 fully saturated rings. The van der Waals surface area contributed by atoms with Crippen molar-refractivity contribution in [2.45, 2.75) is 76.2 Å². The van der Waals surface area contributed by atoms with Crippen molar-refractivity contribution in [1.82, 2.24) is 5.32 Å². The predicted octanol–water partition coefficient (Wildman–Crippen LogP) is 4.89. The highest BCUT2D eigenvalue weighted by Crippen LogP contribution is 2.55. The van der Waals surface area contributed by atoms with Gasteiger partial charge < -0.3 is 5.32 Å². The minimum Gasteiger partial charge on any atom is -0.311 e. The molecule has 0 amide bonds. The smallest absolute Gasteiger partial charge is 0.0189 e. The molecule has 0 aromatic heterocycles. The van der Waals surface area contributed by atoms with Gasteiger partial charge in [-0.1, -0.05) is 35.2 Å². The van der Waals surface area contributed by atoms with Crippen LogP contribution < -0.4 is 5.32 Å². The second kappa shape index (κ2) is 6.47. The average molecular weight is 328 g/mol. The Morgan fingerprint density at radius 2 is 1.32 bits per heavy atom. The van der Waals surface area contributed by atoms with Crippen molar-refractivity contribution in [2.75, 3.05) is 11.9 Å². The highest BCUT2D eigenvalue weighted by Gasteiger charge is 2.50. The van der Waals surface area contributed by atoms with Gasteiger partial charge in [0.1, 0.15) is 0 Å². The standard InChI is InChI=1S/C17H30BrN/c18-6-4-2-1-3-5-7-19-17-11-14-8-15(12-17)10-16(9-14)13-17/h14-16,19H,1-13H2. The summed E-state index contributed by atoms with van der Waals surface area (Å²) in [5.41, 5.74) is 0.588. The molecule has 4 bridgehead atoms. The normalized spacial score (nSPS) is 39.9. The van der Waals surface area contributed by atoms with Crippen LogP contribution in [0.15, 0.2) is 0 Å². The second-order valence-corrected chi connectivity index (χ2v) is 8.37. The van der Waals surface area contributed by atoms with E-state index in [0.717, 1.165) is 17.8 Å². The summed E-state index contributed by atoms with van der Waals surface area (Å²) < 4.78 is 0. The number of rotatable bonds is 8. The first-order chi connectivity index (χ1) is 9.30. The largest absolute Gasteiger partial charge is 0.311 e. The van der Waals surface area contributed by atoms with Gasteiger partial charge in [0.2, 0.25) is 0 Å². The number of alkyl halides is 1. The van der Waals surface area contributed by atoms with Crippen LogP contribution in [0, 0.1) is 17.8 Å². The fourth-order valence-electron chi connectivity index (χ4n) is 5.43. The molecule has 0 saturated heterocycles. The molecule has 0 spiro atoms.